The zero-order chi connectivity index (χ0) is 14.3. The molecule has 0 saturated carbocycles. The van der Waals surface area contributed by atoms with E-state index in [1.165, 1.54) is 13.1 Å². The minimum Gasteiger partial charge on any atom is -0.398 e. The molecule has 0 aliphatic heterocycles. The molecule has 0 saturated heterocycles. The van der Waals surface area contributed by atoms with Crippen molar-refractivity contribution in [1.29, 1.82) is 0 Å². The summed E-state index contributed by atoms with van der Waals surface area (Å²) in [6, 6.07) is 4.78. The Morgan fingerprint density at radius 2 is 2.21 bits per heavy atom. The summed E-state index contributed by atoms with van der Waals surface area (Å²) in [6.07, 6.45) is 5.14. The van der Waals surface area contributed by atoms with E-state index in [4.69, 9.17) is 12.2 Å². The second-order valence-corrected chi connectivity index (χ2v) is 6.60. The standard InChI is InChI=1S/C12H17N3O2S2/c1-3-7-18-8-6-15-10-4-5-12(11(13)9-10)19(16,17)14-2/h1,4-5,9,14-15H,6-8,13H2,2H3. The largest absolute Gasteiger partial charge is 0.398 e. The van der Waals surface area contributed by atoms with Crippen LogP contribution in [0.15, 0.2) is 23.1 Å². The van der Waals surface area contributed by atoms with Gasteiger partial charge in [0.1, 0.15) is 4.90 Å². The van der Waals surface area contributed by atoms with Gasteiger partial charge in [-0.3, -0.25) is 0 Å². The van der Waals surface area contributed by atoms with E-state index in [1.54, 1.807) is 23.9 Å². The van der Waals surface area contributed by atoms with Crippen LogP contribution in [0, 0.1) is 12.3 Å². The molecule has 0 radical (unpaired) electrons. The molecular formula is C12H17N3O2S2. The number of benzene rings is 1. The molecule has 0 unspecified atom stereocenters. The second kappa shape index (κ2) is 7.28. The molecule has 104 valence electrons. The van der Waals surface area contributed by atoms with Gasteiger partial charge in [0, 0.05) is 18.0 Å². The summed E-state index contributed by atoms with van der Waals surface area (Å²) < 4.78 is 25.5. The van der Waals surface area contributed by atoms with Crippen molar-refractivity contribution in [2.24, 2.45) is 0 Å². The number of terminal acetylenes is 1. The minimum atomic E-state index is -3.51. The fourth-order valence-electron chi connectivity index (χ4n) is 1.41. The zero-order valence-electron chi connectivity index (χ0n) is 10.6. The van der Waals surface area contributed by atoms with E-state index in [2.05, 4.69) is 16.0 Å². The maximum absolute atomic E-state index is 11.6. The van der Waals surface area contributed by atoms with Gasteiger partial charge in [-0.1, -0.05) is 5.92 Å². The smallest absolute Gasteiger partial charge is 0.242 e. The van der Waals surface area contributed by atoms with E-state index >= 15 is 0 Å². The van der Waals surface area contributed by atoms with E-state index in [0.29, 0.717) is 5.75 Å². The summed E-state index contributed by atoms with van der Waals surface area (Å²) in [5.41, 5.74) is 6.75. The average Bonchev–Trinajstić information content (AvgIpc) is 2.38. The SMILES string of the molecule is C#CCSCCNc1ccc(S(=O)(=O)NC)c(N)c1. The molecular weight excluding hydrogens is 282 g/mol. The fourth-order valence-corrected chi connectivity index (χ4v) is 2.76. The first-order valence-corrected chi connectivity index (χ1v) is 8.23. The lowest BCUT2D eigenvalue weighted by atomic mass is 10.3. The van der Waals surface area contributed by atoms with Gasteiger partial charge < -0.3 is 11.1 Å². The molecule has 1 aromatic carbocycles. The molecule has 0 heterocycles. The van der Waals surface area contributed by atoms with Crippen LogP contribution in [-0.4, -0.2) is 33.5 Å². The average molecular weight is 299 g/mol. The highest BCUT2D eigenvalue weighted by Crippen LogP contribution is 2.22. The first-order valence-electron chi connectivity index (χ1n) is 5.59. The Morgan fingerprint density at radius 1 is 1.47 bits per heavy atom. The Kier molecular flexibility index (Phi) is 6.02. The van der Waals surface area contributed by atoms with Crippen LogP contribution in [0.1, 0.15) is 0 Å². The first kappa shape index (κ1) is 15.7. The predicted molar refractivity (Wildman–Crippen MR) is 81.7 cm³/mol. The molecule has 1 rings (SSSR count). The highest BCUT2D eigenvalue weighted by atomic mass is 32.2. The van der Waals surface area contributed by atoms with Crippen molar-refractivity contribution < 1.29 is 8.42 Å². The molecule has 0 aliphatic rings. The number of sulfonamides is 1. The molecule has 0 fully saturated rings. The van der Waals surface area contributed by atoms with Gasteiger partial charge in [-0.25, -0.2) is 13.1 Å². The molecule has 19 heavy (non-hydrogen) atoms. The van der Waals surface area contributed by atoms with Crippen LogP contribution in [0.4, 0.5) is 11.4 Å². The normalized spacial score (nSPS) is 10.9. The number of rotatable bonds is 7. The van der Waals surface area contributed by atoms with Gasteiger partial charge in [-0.15, -0.1) is 18.2 Å². The third-order valence-electron chi connectivity index (χ3n) is 2.33. The molecule has 0 aliphatic carbocycles. The fraction of sp³-hybridized carbons (Fsp3) is 0.333. The third-order valence-corrected chi connectivity index (χ3v) is 4.68. The van der Waals surface area contributed by atoms with Crippen LogP contribution >= 0.6 is 11.8 Å². The van der Waals surface area contributed by atoms with Gasteiger partial charge in [-0.05, 0) is 25.2 Å². The zero-order valence-corrected chi connectivity index (χ0v) is 12.3. The molecule has 0 aromatic heterocycles. The maximum Gasteiger partial charge on any atom is 0.242 e. The minimum absolute atomic E-state index is 0.0854. The summed E-state index contributed by atoms with van der Waals surface area (Å²) in [7, 11) is -2.16. The molecule has 7 heteroatoms. The van der Waals surface area contributed by atoms with E-state index in [9.17, 15) is 8.42 Å². The van der Waals surface area contributed by atoms with Crippen LogP contribution < -0.4 is 15.8 Å². The van der Waals surface area contributed by atoms with Crippen LogP contribution in [0.3, 0.4) is 0 Å². The quantitative estimate of drug-likeness (QED) is 0.397. The van der Waals surface area contributed by atoms with Gasteiger partial charge in [0.2, 0.25) is 10.0 Å². The molecule has 5 nitrogen and oxygen atoms in total. The van der Waals surface area contributed by atoms with Gasteiger partial charge >= 0.3 is 0 Å². The summed E-state index contributed by atoms with van der Waals surface area (Å²) in [5.74, 6) is 4.11. The maximum atomic E-state index is 11.6. The van der Waals surface area contributed by atoms with Gasteiger partial charge in [-0.2, -0.15) is 0 Å². The van der Waals surface area contributed by atoms with E-state index in [1.807, 2.05) is 0 Å². The summed E-state index contributed by atoms with van der Waals surface area (Å²) in [5, 5.41) is 3.16. The highest BCUT2D eigenvalue weighted by Gasteiger charge is 2.14. The van der Waals surface area contributed by atoms with Crippen molar-refractivity contribution in [2.45, 2.75) is 4.90 Å². The molecule has 1 aromatic rings. The molecule has 0 spiro atoms. The number of nitrogens with two attached hydrogens (primary N) is 1. The van der Waals surface area contributed by atoms with Gasteiger partial charge in [0.25, 0.3) is 0 Å². The molecule has 0 bridgehead atoms. The van der Waals surface area contributed by atoms with Crippen molar-refractivity contribution in [1.82, 2.24) is 4.72 Å². The summed E-state index contributed by atoms with van der Waals surface area (Å²) in [4.78, 5) is 0.0854. The topological polar surface area (TPSA) is 84.2 Å². The number of hydrogen-bond donors (Lipinski definition) is 3. The number of hydrogen-bond acceptors (Lipinski definition) is 5. The number of nitrogen functional groups attached to an aromatic ring is 1. The first-order chi connectivity index (χ1) is 9.01. The highest BCUT2D eigenvalue weighted by molar-refractivity contribution is 7.99. The van der Waals surface area contributed by atoms with Crippen molar-refractivity contribution in [3.63, 3.8) is 0 Å². The summed E-state index contributed by atoms with van der Waals surface area (Å²) >= 11 is 1.65. The third kappa shape index (κ3) is 4.67. The van der Waals surface area contributed by atoms with Gasteiger partial charge in [0.05, 0.1) is 11.4 Å². The van der Waals surface area contributed by atoms with Crippen LogP contribution in [0.5, 0.6) is 0 Å². The number of thioether (sulfide) groups is 1. The van der Waals surface area contributed by atoms with E-state index in [-0.39, 0.29) is 10.6 Å². The number of nitrogens with one attached hydrogen (secondary N) is 2. The van der Waals surface area contributed by atoms with Crippen molar-refractivity contribution in [3.05, 3.63) is 18.2 Å². The van der Waals surface area contributed by atoms with Gasteiger partial charge in [0.15, 0.2) is 0 Å². The second-order valence-electron chi connectivity index (χ2n) is 3.64. The Bertz CT molecular complexity index is 565. The lowest BCUT2D eigenvalue weighted by Gasteiger charge is -2.10. The monoisotopic (exact) mass is 299 g/mol. The molecule has 4 N–H and O–H groups in total. The molecule has 0 amide bonds. The predicted octanol–water partition coefficient (Wildman–Crippen LogP) is 0.955. The van der Waals surface area contributed by atoms with E-state index < -0.39 is 10.0 Å². The lowest BCUT2D eigenvalue weighted by molar-refractivity contribution is 0.588. The number of anilines is 2. The Balaban J connectivity index is 2.65. The Morgan fingerprint density at radius 3 is 2.79 bits per heavy atom. The summed E-state index contributed by atoms with van der Waals surface area (Å²) in [6.45, 7) is 0.740. The Labute approximate surface area is 118 Å². The van der Waals surface area contributed by atoms with E-state index in [0.717, 1.165) is 18.0 Å². The van der Waals surface area contributed by atoms with Crippen LogP contribution in [0.2, 0.25) is 0 Å². The van der Waals surface area contributed by atoms with Crippen molar-refractivity contribution in [2.75, 3.05) is 36.1 Å². The van der Waals surface area contributed by atoms with Crippen LogP contribution in [-0.2, 0) is 10.0 Å². The lowest BCUT2D eigenvalue weighted by Crippen LogP contribution is -2.20. The van der Waals surface area contributed by atoms with Crippen molar-refractivity contribution in [3.8, 4) is 12.3 Å². The molecule has 0 atom stereocenters. The van der Waals surface area contributed by atoms with Crippen molar-refractivity contribution >= 4 is 33.2 Å². The van der Waals surface area contributed by atoms with Crippen LogP contribution in [0.25, 0.3) is 0 Å². The Hall–Kier alpha value is -1.36.